The van der Waals surface area contributed by atoms with E-state index in [1.165, 1.54) is 37.5 Å². The van der Waals surface area contributed by atoms with Crippen LogP contribution >= 0.6 is 0 Å². The second kappa shape index (κ2) is 7.33. The molecule has 7 heteroatoms. The number of hydrogen-bond donors (Lipinski definition) is 2. The predicted molar refractivity (Wildman–Crippen MR) is 117 cm³/mol. The Morgan fingerprint density at radius 2 is 1.65 bits per heavy atom. The van der Waals surface area contributed by atoms with Gasteiger partial charge in [-0.05, 0) is 99.1 Å². The number of rotatable bonds is 5. The van der Waals surface area contributed by atoms with Gasteiger partial charge in [-0.15, -0.1) is 0 Å². The number of benzene rings is 2. The first-order valence-corrected chi connectivity index (χ1v) is 12.4. The number of carbonyl (C=O) groups is 1. The van der Waals surface area contributed by atoms with E-state index in [2.05, 4.69) is 10.0 Å². The number of nitrogens with one attached hydrogen (secondary N) is 2. The van der Waals surface area contributed by atoms with Crippen LogP contribution in [0, 0.1) is 30.5 Å². The molecule has 1 amide bonds. The maximum Gasteiger partial charge on any atom is 0.261 e. The highest BCUT2D eigenvalue weighted by molar-refractivity contribution is 7.92. The minimum atomic E-state index is -3.96. The van der Waals surface area contributed by atoms with Crippen molar-refractivity contribution in [3.05, 3.63) is 59.4 Å². The van der Waals surface area contributed by atoms with E-state index < -0.39 is 15.8 Å². The molecule has 2 aromatic carbocycles. The van der Waals surface area contributed by atoms with Crippen LogP contribution in [0.3, 0.4) is 0 Å². The fourth-order valence-corrected chi connectivity index (χ4v) is 7.32. The van der Waals surface area contributed by atoms with Crippen LogP contribution in [-0.4, -0.2) is 19.9 Å². The van der Waals surface area contributed by atoms with E-state index in [1.54, 1.807) is 25.1 Å². The number of anilines is 1. The Balaban J connectivity index is 1.33. The highest BCUT2D eigenvalue weighted by Crippen LogP contribution is 2.55. The summed E-state index contributed by atoms with van der Waals surface area (Å²) in [6.07, 6.45) is 7.05. The van der Waals surface area contributed by atoms with Gasteiger partial charge in [0.15, 0.2) is 0 Å². The number of sulfonamides is 1. The smallest absolute Gasteiger partial charge is 0.261 e. The molecule has 2 N–H and O–H groups in total. The highest BCUT2D eigenvalue weighted by Gasteiger charge is 2.51. The average molecular weight is 443 g/mol. The quantitative estimate of drug-likeness (QED) is 0.709. The van der Waals surface area contributed by atoms with Gasteiger partial charge >= 0.3 is 0 Å². The largest absolute Gasteiger partial charge is 0.347 e. The topological polar surface area (TPSA) is 75.3 Å². The van der Waals surface area contributed by atoms with Gasteiger partial charge in [-0.25, -0.2) is 12.8 Å². The van der Waals surface area contributed by atoms with Crippen LogP contribution in [-0.2, 0) is 10.0 Å². The average Bonchev–Trinajstić information content (AvgIpc) is 2.68. The van der Waals surface area contributed by atoms with Crippen molar-refractivity contribution in [3.8, 4) is 0 Å². The minimum Gasteiger partial charge on any atom is -0.347 e. The molecule has 4 saturated carbocycles. The van der Waals surface area contributed by atoms with Crippen molar-refractivity contribution >= 4 is 21.6 Å². The van der Waals surface area contributed by atoms with E-state index in [4.69, 9.17) is 0 Å². The second-order valence-corrected chi connectivity index (χ2v) is 11.4. The van der Waals surface area contributed by atoms with Crippen molar-refractivity contribution in [1.82, 2.24) is 5.32 Å². The van der Waals surface area contributed by atoms with E-state index >= 15 is 0 Å². The first kappa shape index (κ1) is 20.5. The number of halogens is 1. The maximum absolute atomic E-state index is 13.8. The SMILES string of the molecule is Cc1ccc(S(=O)(=O)Nc2cccc(C(=O)NC34CC5CC(CC(C5)C3)C4)c2)cc1F. The van der Waals surface area contributed by atoms with Crippen LogP contribution in [0.1, 0.15) is 54.4 Å². The first-order chi connectivity index (χ1) is 14.7. The summed E-state index contributed by atoms with van der Waals surface area (Å²) in [6.45, 7) is 1.57. The van der Waals surface area contributed by atoms with Gasteiger partial charge in [-0.2, -0.15) is 0 Å². The van der Waals surface area contributed by atoms with Crippen molar-refractivity contribution < 1.29 is 17.6 Å². The molecular formula is C24H27FN2O3S. The lowest BCUT2D eigenvalue weighted by Crippen LogP contribution is -2.59. The van der Waals surface area contributed by atoms with Crippen molar-refractivity contribution in [3.63, 3.8) is 0 Å². The Bertz CT molecular complexity index is 1110. The Hall–Kier alpha value is -2.41. The fraction of sp³-hybridized carbons (Fsp3) is 0.458. The molecule has 0 aromatic heterocycles. The lowest BCUT2D eigenvalue weighted by Gasteiger charge is -2.56. The summed E-state index contributed by atoms with van der Waals surface area (Å²) in [5.74, 6) is 1.43. The molecule has 4 bridgehead atoms. The Labute approximate surface area is 182 Å². The molecule has 4 aliphatic carbocycles. The minimum absolute atomic E-state index is 0.110. The van der Waals surface area contributed by atoms with Gasteiger partial charge in [0, 0.05) is 16.8 Å². The van der Waals surface area contributed by atoms with Crippen molar-refractivity contribution in [2.24, 2.45) is 17.8 Å². The summed E-state index contributed by atoms with van der Waals surface area (Å²) < 4.78 is 41.6. The molecule has 31 heavy (non-hydrogen) atoms. The third kappa shape index (κ3) is 3.95. The van der Waals surface area contributed by atoms with Gasteiger partial charge in [-0.1, -0.05) is 12.1 Å². The monoisotopic (exact) mass is 442 g/mol. The van der Waals surface area contributed by atoms with E-state index in [1.807, 2.05) is 0 Å². The third-order valence-electron chi connectivity index (χ3n) is 7.25. The molecule has 5 nitrogen and oxygen atoms in total. The molecule has 0 heterocycles. The molecule has 6 rings (SSSR count). The molecule has 0 saturated heterocycles. The zero-order valence-corrected chi connectivity index (χ0v) is 18.3. The lowest BCUT2D eigenvalue weighted by atomic mass is 9.53. The summed E-state index contributed by atoms with van der Waals surface area (Å²) in [7, 11) is -3.96. The Kier molecular flexibility index (Phi) is 4.84. The first-order valence-electron chi connectivity index (χ1n) is 10.9. The van der Waals surface area contributed by atoms with Crippen LogP contribution in [0.15, 0.2) is 47.4 Å². The molecule has 0 atom stereocenters. The van der Waals surface area contributed by atoms with Crippen LogP contribution in [0.4, 0.5) is 10.1 Å². The summed E-state index contributed by atoms with van der Waals surface area (Å²) in [5.41, 5.74) is 0.966. The summed E-state index contributed by atoms with van der Waals surface area (Å²) in [4.78, 5) is 12.9. The standard InChI is InChI=1S/C24H27FN2O3S/c1-15-5-6-21(11-22(15)25)31(29,30)27-20-4-2-3-19(10-20)23(28)26-24-12-16-7-17(13-24)9-18(8-16)14-24/h2-6,10-11,16-18,27H,7-9,12-14H2,1H3,(H,26,28). The van der Waals surface area contributed by atoms with Crippen LogP contribution < -0.4 is 10.0 Å². The fourth-order valence-electron chi connectivity index (χ4n) is 6.26. The second-order valence-electron chi connectivity index (χ2n) is 9.75. The van der Waals surface area contributed by atoms with Crippen molar-refractivity contribution in [1.29, 1.82) is 0 Å². The Morgan fingerprint density at radius 3 is 2.26 bits per heavy atom. The molecule has 4 fully saturated rings. The predicted octanol–water partition coefficient (Wildman–Crippen LogP) is 4.63. The molecule has 2 aromatic rings. The number of aryl methyl sites for hydroxylation is 1. The van der Waals surface area contributed by atoms with E-state index in [0.29, 0.717) is 11.1 Å². The summed E-state index contributed by atoms with van der Waals surface area (Å²) in [6, 6.07) is 10.3. The number of carbonyl (C=O) groups excluding carboxylic acids is 1. The van der Waals surface area contributed by atoms with Crippen molar-refractivity contribution in [2.75, 3.05) is 4.72 Å². The maximum atomic E-state index is 13.8. The van der Waals surface area contributed by atoms with Crippen LogP contribution in [0.2, 0.25) is 0 Å². The molecule has 0 spiro atoms. The van der Waals surface area contributed by atoms with E-state index in [-0.39, 0.29) is 22.0 Å². The molecular weight excluding hydrogens is 415 g/mol. The van der Waals surface area contributed by atoms with Crippen LogP contribution in [0.5, 0.6) is 0 Å². The molecule has 0 aliphatic heterocycles. The molecule has 4 aliphatic rings. The Morgan fingerprint density at radius 1 is 1.00 bits per heavy atom. The normalized spacial score (nSPS) is 29.0. The third-order valence-corrected chi connectivity index (χ3v) is 8.63. The van der Waals surface area contributed by atoms with Crippen molar-refractivity contribution in [2.45, 2.75) is 55.9 Å². The van der Waals surface area contributed by atoms with Gasteiger partial charge in [0.1, 0.15) is 5.82 Å². The zero-order valence-electron chi connectivity index (χ0n) is 17.5. The summed E-state index contributed by atoms with van der Waals surface area (Å²) >= 11 is 0. The molecule has 164 valence electrons. The van der Waals surface area contributed by atoms with Crippen LogP contribution in [0.25, 0.3) is 0 Å². The zero-order chi connectivity index (χ0) is 21.8. The lowest BCUT2D eigenvalue weighted by molar-refractivity contribution is -0.0167. The van der Waals surface area contributed by atoms with Gasteiger partial charge < -0.3 is 5.32 Å². The van der Waals surface area contributed by atoms with Gasteiger partial charge in [-0.3, -0.25) is 9.52 Å². The molecule has 0 radical (unpaired) electrons. The highest BCUT2D eigenvalue weighted by atomic mass is 32.2. The van der Waals surface area contributed by atoms with E-state index in [9.17, 15) is 17.6 Å². The number of amides is 1. The number of hydrogen-bond acceptors (Lipinski definition) is 3. The summed E-state index contributed by atoms with van der Waals surface area (Å²) in [5, 5.41) is 3.31. The van der Waals surface area contributed by atoms with Gasteiger partial charge in [0.05, 0.1) is 4.90 Å². The molecule has 0 unspecified atom stereocenters. The van der Waals surface area contributed by atoms with E-state index in [0.717, 1.165) is 43.1 Å². The van der Waals surface area contributed by atoms with Gasteiger partial charge in [0.25, 0.3) is 15.9 Å². The van der Waals surface area contributed by atoms with Gasteiger partial charge in [0.2, 0.25) is 0 Å².